The first kappa shape index (κ1) is 17.2. The molecule has 134 valence electrons. The third-order valence-electron chi connectivity index (χ3n) is 5.07. The molecule has 1 N–H and O–H groups in total. The van der Waals surface area contributed by atoms with Crippen molar-refractivity contribution >= 4 is 17.6 Å². The molecule has 0 amide bonds. The zero-order chi connectivity index (χ0) is 18.1. The molecular weight excluding hydrogens is 338 g/mol. The van der Waals surface area contributed by atoms with Gasteiger partial charge in [-0.2, -0.15) is 5.10 Å². The Morgan fingerprint density at radius 2 is 1.92 bits per heavy atom. The van der Waals surface area contributed by atoms with E-state index in [0.717, 1.165) is 24.3 Å². The number of hydrogen-bond donors (Lipinski definition) is 1. The quantitative estimate of drug-likeness (QED) is 0.612. The molecule has 0 radical (unpaired) electrons. The highest BCUT2D eigenvalue weighted by Gasteiger charge is 2.23. The summed E-state index contributed by atoms with van der Waals surface area (Å²) in [6.45, 7) is 5.31. The average Bonchev–Trinajstić information content (AvgIpc) is 2.83. The summed E-state index contributed by atoms with van der Waals surface area (Å²) in [6.07, 6.45) is 5.61. The van der Waals surface area contributed by atoms with Crippen LogP contribution in [0.3, 0.4) is 0 Å². The molecule has 2 heterocycles. The molecule has 4 heteroatoms. The second-order valence-corrected chi connectivity index (χ2v) is 7.81. The number of nitrogens with zero attached hydrogens (tertiary/aromatic N) is 2. The van der Waals surface area contributed by atoms with Crippen LogP contribution in [-0.2, 0) is 6.42 Å². The molecule has 0 saturated heterocycles. The van der Waals surface area contributed by atoms with E-state index in [1.165, 1.54) is 45.8 Å². The maximum absolute atomic E-state index is 5.11. The van der Waals surface area contributed by atoms with Crippen LogP contribution in [0, 0.1) is 13.8 Å². The average molecular weight is 364 g/mol. The van der Waals surface area contributed by atoms with Crippen molar-refractivity contribution in [2.45, 2.75) is 38.0 Å². The molecule has 1 aromatic heterocycles. The number of aryl methyl sites for hydroxylation is 2. The molecule has 0 spiro atoms. The monoisotopic (exact) mass is 363 g/mol. The van der Waals surface area contributed by atoms with E-state index in [-0.39, 0.29) is 0 Å². The number of benzene rings is 2. The van der Waals surface area contributed by atoms with Crippen LogP contribution in [0.5, 0.6) is 0 Å². The van der Waals surface area contributed by atoms with Crippen molar-refractivity contribution in [3.63, 3.8) is 0 Å². The van der Waals surface area contributed by atoms with Gasteiger partial charge in [0.1, 0.15) is 5.82 Å². The summed E-state index contributed by atoms with van der Waals surface area (Å²) in [4.78, 5) is 1.28. The largest absolute Gasteiger partial charge is 0.370 e. The fourth-order valence-electron chi connectivity index (χ4n) is 3.78. The first-order chi connectivity index (χ1) is 12.7. The van der Waals surface area contributed by atoms with E-state index < -0.39 is 0 Å². The van der Waals surface area contributed by atoms with Crippen molar-refractivity contribution in [2.24, 2.45) is 0 Å². The van der Waals surface area contributed by atoms with Gasteiger partial charge in [0.15, 0.2) is 0 Å². The second-order valence-electron chi connectivity index (χ2n) is 6.96. The lowest BCUT2D eigenvalue weighted by molar-refractivity contribution is 0.779. The topological polar surface area (TPSA) is 29.9 Å². The Kier molecular flexibility index (Phi) is 4.77. The van der Waals surface area contributed by atoms with E-state index in [1.54, 1.807) is 11.8 Å². The Labute approximate surface area is 159 Å². The van der Waals surface area contributed by atoms with Crippen molar-refractivity contribution in [3.8, 4) is 16.9 Å². The molecule has 0 aliphatic carbocycles. The van der Waals surface area contributed by atoms with Crippen molar-refractivity contribution in [1.29, 1.82) is 0 Å². The molecule has 0 atom stereocenters. The van der Waals surface area contributed by atoms with Crippen molar-refractivity contribution in [2.75, 3.05) is 18.1 Å². The van der Waals surface area contributed by atoms with Gasteiger partial charge < -0.3 is 5.32 Å². The van der Waals surface area contributed by atoms with Crippen LogP contribution in [-0.4, -0.2) is 22.6 Å². The maximum Gasteiger partial charge on any atom is 0.133 e. The molecule has 0 saturated carbocycles. The molecule has 2 aromatic carbocycles. The van der Waals surface area contributed by atoms with Gasteiger partial charge >= 0.3 is 0 Å². The number of aromatic nitrogens is 2. The van der Waals surface area contributed by atoms with Crippen molar-refractivity contribution in [1.82, 2.24) is 9.78 Å². The van der Waals surface area contributed by atoms with Crippen LogP contribution in [0.25, 0.3) is 16.9 Å². The van der Waals surface area contributed by atoms with Gasteiger partial charge in [-0.3, -0.25) is 0 Å². The second kappa shape index (κ2) is 7.20. The standard InChI is InChI=1S/C22H25N3S/c1-15-11-12-19(16(2)14-15)25-22-18(9-6-7-13-23-22)21(24-25)17-8-4-5-10-20(17)26-3/h4-5,8,10-12,14,23H,6-7,9,13H2,1-3H3. The fraction of sp³-hybridized carbons (Fsp3) is 0.318. The minimum Gasteiger partial charge on any atom is -0.370 e. The Hall–Kier alpha value is -2.20. The number of nitrogens with one attached hydrogen (secondary N) is 1. The lowest BCUT2D eigenvalue weighted by Crippen LogP contribution is -2.08. The van der Waals surface area contributed by atoms with Gasteiger partial charge in [0.05, 0.1) is 11.4 Å². The Morgan fingerprint density at radius 3 is 2.73 bits per heavy atom. The maximum atomic E-state index is 5.11. The summed E-state index contributed by atoms with van der Waals surface area (Å²) in [7, 11) is 0. The summed E-state index contributed by atoms with van der Waals surface area (Å²) in [5, 5.41) is 8.77. The van der Waals surface area contributed by atoms with Gasteiger partial charge in [0.25, 0.3) is 0 Å². The molecule has 0 unspecified atom stereocenters. The molecule has 0 bridgehead atoms. The Bertz CT molecular complexity index is 943. The van der Waals surface area contributed by atoms with Crippen LogP contribution < -0.4 is 5.32 Å². The molecule has 26 heavy (non-hydrogen) atoms. The van der Waals surface area contributed by atoms with Crippen LogP contribution in [0.2, 0.25) is 0 Å². The highest BCUT2D eigenvalue weighted by atomic mass is 32.2. The zero-order valence-corrected chi connectivity index (χ0v) is 16.5. The van der Waals surface area contributed by atoms with Gasteiger partial charge in [-0.05, 0) is 57.1 Å². The van der Waals surface area contributed by atoms with Gasteiger partial charge in [-0.15, -0.1) is 11.8 Å². The van der Waals surface area contributed by atoms with Crippen LogP contribution in [0.15, 0.2) is 47.4 Å². The minimum atomic E-state index is 1.01. The number of hydrogen-bond acceptors (Lipinski definition) is 3. The predicted molar refractivity (Wildman–Crippen MR) is 112 cm³/mol. The molecule has 1 aliphatic heterocycles. The fourth-order valence-corrected chi connectivity index (χ4v) is 4.38. The third kappa shape index (κ3) is 3.03. The number of fused-ring (bicyclic) bond motifs is 1. The number of rotatable bonds is 3. The van der Waals surface area contributed by atoms with Crippen molar-refractivity contribution in [3.05, 3.63) is 59.2 Å². The van der Waals surface area contributed by atoms with E-state index in [2.05, 4.69) is 72.6 Å². The van der Waals surface area contributed by atoms with E-state index in [4.69, 9.17) is 5.10 Å². The van der Waals surface area contributed by atoms with Crippen molar-refractivity contribution < 1.29 is 0 Å². The highest BCUT2D eigenvalue weighted by Crippen LogP contribution is 2.38. The summed E-state index contributed by atoms with van der Waals surface area (Å²) in [5.74, 6) is 1.17. The van der Waals surface area contributed by atoms with Crippen LogP contribution in [0.4, 0.5) is 5.82 Å². The van der Waals surface area contributed by atoms with Gasteiger partial charge in [-0.1, -0.05) is 35.9 Å². The Balaban J connectivity index is 1.95. The summed E-state index contributed by atoms with van der Waals surface area (Å²) < 4.78 is 2.13. The van der Waals surface area contributed by atoms with Crippen LogP contribution in [0.1, 0.15) is 29.5 Å². The molecule has 3 nitrogen and oxygen atoms in total. The van der Waals surface area contributed by atoms with Gasteiger partial charge in [-0.25, -0.2) is 4.68 Å². The smallest absolute Gasteiger partial charge is 0.133 e. The lowest BCUT2D eigenvalue weighted by Gasteiger charge is -2.12. The number of anilines is 1. The predicted octanol–water partition coefficient (Wildman–Crippen LogP) is 5.63. The molecule has 1 aliphatic rings. The summed E-state index contributed by atoms with van der Waals surface area (Å²) in [5.41, 5.74) is 7.41. The SMILES string of the molecule is CSc1ccccc1-c1nn(-c2ccc(C)cc2C)c2c1CCCCN2. The molecule has 4 rings (SSSR count). The molecule has 3 aromatic rings. The molecular formula is C22H25N3S. The summed E-state index contributed by atoms with van der Waals surface area (Å²) in [6, 6.07) is 15.2. The first-order valence-corrected chi connectivity index (χ1v) is 10.5. The van der Waals surface area contributed by atoms with Crippen LogP contribution >= 0.6 is 11.8 Å². The van der Waals surface area contributed by atoms with E-state index >= 15 is 0 Å². The highest BCUT2D eigenvalue weighted by molar-refractivity contribution is 7.98. The van der Waals surface area contributed by atoms with E-state index in [9.17, 15) is 0 Å². The van der Waals surface area contributed by atoms with E-state index in [1.807, 2.05) is 0 Å². The van der Waals surface area contributed by atoms with Gasteiger partial charge in [0.2, 0.25) is 0 Å². The number of thioether (sulfide) groups is 1. The lowest BCUT2D eigenvalue weighted by atomic mass is 10.0. The Morgan fingerprint density at radius 1 is 1.08 bits per heavy atom. The summed E-state index contributed by atoms with van der Waals surface area (Å²) >= 11 is 1.79. The van der Waals surface area contributed by atoms with Gasteiger partial charge in [0, 0.05) is 22.6 Å². The third-order valence-corrected chi connectivity index (χ3v) is 5.87. The molecule has 0 fully saturated rings. The normalized spacial score (nSPS) is 13.8. The van der Waals surface area contributed by atoms with E-state index in [0.29, 0.717) is 0 Å². The first-order valence-electron chi connectivity index (χ1n) is 9.26. The zero-order valence-electron chi connectivity index (χ0n) is 15.7. The minimum absolute atomic E-state index is 1.01.